The first-order chi connectivity index (χ1) is 11.2. The zero-order chi connectivity index (χ0) is 16.5. The summed E-state index contributed by atoms with van der Waals surface area (Å²) in [7, 11) is 1.77. The van der Waals surface area contributed by atoms with Gasteiger partial charge in [0.1, 0.15) is 0 Å². The van der Waals surface area contributed by atoms with Gasteiger partial charge < -0.3 is 20.1 Å². The molecule has 1 heterocycles. The van der Waals surface area contributed by atoms with Crippen LogP contribution in [0.25, 0.3) is 0 Å². The standard InChI is InChI=1S/C17H34N4O2/c1-4-18-16(20-14-17(2)8-5-12-23-17)19-9-10-21(11-13-22-3)15-6-7-15/h15H,4-14H2,1-3H3,(H2,18,19,20). The van der Waals surface area contributed by atoms with Gasteiger partial charge in [-0.05, 0) is 39.5 Å². The van der Waals surface area contributed by atoms with Crippen LogP contribution < -0.4 is 10.6 Å². The number of guanidine groups is 1. The fraction of sp³-hybridized carbons (Fsp3) is 0.941. The van der Waals surface area contributed by atoms with Crippen LogP contribution in [0.4, 0.5) is 0 Å². The summed E-state index contributed by atoms with van der Waals surface area (Å²) in [6.45, 7) is 10.5. The Labute approximate surface area is 141 Å². The molecule has 0 bridgehead atoms. The van der Waals surface area contributed by atoms with Gasteiger partial charge in [0, 0.05) is 45.9 Å². The summed E-state index contributed by atoms with van der Waals surface area (Å²) in [6, 6.07) is 0.761. The molecule has 0 aromatic carbocycles. The van der Waals surface area contributed by atoms with Gasteiger partial charge in [0.25, 0.3) is 0 Å². The predicted octanol–water partition coefficient (Wildman–Crippen LogP) is 1.22. The smallest absolute Gasteiger partial charge is 0.191 e. The average Bonchev–Trinajstić information content (AvgIpc) is 3.30. The molecule has 0 spiro atoms. The van der Waals surface area contributed by atoms with Crippen molar-refractivity contribution in [2.24, 2.45) is 4.99 Å². The van der Waals surface area contributed by atoms with Gasteiger partial charge in [-0.1, -0.05) is 0 Å². The van der Waals surface area contributed by atoms with E-state index in [1.54, 1.807) is 7.11 Å². The lowest BCUT2D eigenvalue weighted by Gasteiger charge is -2.23. The molecule has 6 nitrogen and oxygen atoms in total. The molecule has 2 aliphatic rings. The number of rotatable bonds is 10. The lowest BCUT2D eigenvalue weighted by atomic mass is 10.0. The Balaban J connectivity index is 1.74. The van der Waals surface area contributed by atoms with Gasteiger partial charge in [-0.3, -0.25) is 9.89 Å². The van der Waals surface area contributed by atoms with Crippen molar-refractivity contribution in [1.82, 2.24) is 15.5 Å². The number of methoxy groups -OCH3 is 1. The zero-order valence-corrected chi connectivity index (χ0v) is 15.1. The molecule has 0 amide bonds. The maximum atomic E-state index is 5.81. The topological polar surface area (TPSA) is 58.1 Å². The van der Waals surface area contributed by atoms with Crippen LogP contribution in [0.1, 0.15) is 39.5 Å². The summed E-state index contributed by atoms with van der Waals surface area (Å²) in [4.78, 5) is 7.23. The molecular formula is C17H34N4O2. The van der Waals surface area contributed by atoms with Crippen molar-refractivity contribution in [3.05, 3.63) is 0 Å². The molecule has 2 N–H and O–H groups in total. The summed E-state index contributed by atoms with van der Waals surface area (Å²) in [6.07, 6.45) is 4.90. The van der Waals surface area contributed by atoms with E-state index in [-0.39, 0.29) is 5.60 Å². The highest BCUT2D eigenvalue weighted by Gasteiger charge is 2.30. The van der Waals surface area contributed by atoms with Crippen LogP contribution in [-0.2, 0) is 9.47 Å². The van der Waals surface area contributed by atoms with E-state index in [0.29, 0.717) is 0 Å². The first kappa shape index (κ1) is 18.5. The van der Waals surface area contributed by atoms with Crippen molar-refractivity contribution in [2.45, 2.75) is 51.2 Å². The maximum Gasteiger partial charge on any atom is 0.191 e. The minimum atomic E-state index is -0.0825. The van der Waals surface area contributed by atoms with Gasteiger partial charge >= 0.3 is 0 Å². The second kappa shape index (κ2) is 9.45. The van der Waals surface area contributed by atoms with E-state index in [1.165, 1.54) is 12.8 Å². The first-order valence-corrected chi connectivity index (χ1v) is 9.06. The highest BCUT2D eigenvalue weighted by molar-refractivity contribution is 5.79. The highest BCUT2D eigenvalue weighted by Crippen LogP contribution is 2.26. The average molecular weight is 326 g/mol. The molecular weight excluding hydrogens is 292 g/mol. The Morgan fingerprint density at radius 3 is 2.78 bits per heavy atom. The highest BCUT2D eigenvalue weighted by atomic mass is 16.5. The van der Waals surface area contributed by atoms with Crippen LogP contribution in [0.2, 0.25) is 0 Å². The SMILES string of the molecule is CCNC(=NCC1(C)CCCO1)NCCN(CCOC)C1CC1. The molecule has 134 valence electrons. The monoisotopic (exact) mass is 326 g/mol. The van der Waals surface area contributed by atoms with Crippen molar-refractivity contribution in [3.8, 4) is 0 Å². The number of aliphatic imine (C=N–C) groups is 1. The summed E-state index contributed by atoms with van der Waals surface area (Å²) in [5.74, 6) is 0.895. The van der Waals surface area contributed by atoms with Gasteiger partial charge in [-0.2, -0.15) is 0 Å². The molecule has 0 radical (unpaired) electrons. The Hall–Kier alpha value is -0.850. The number of hydrogen-bond acceptors (Lipinski definition) is 4. The Morgan fingerprint density at radius 1 is 1.35 bits per heavy atom. The molecule has 2 fully saturated rings. The molecule has 1 aliphatic heterocycles. The lowest BCUT2D eigenvalue weighted by Crippen LogP contribution is -2.43. The number of hydrogen-bond donors (Lipinski definition) is 2. The minimum Gasteiger partial charge on any atom is -0.383 e. The summed E-state index contributed by atoms with van der Waals surface area (Å²) >= 11 is 0. The minimum absolute atomic E-state index is 0.0825. The maximum absolute atomic E-state index is 5.81. The molecule has 1 saturated carbocycles. The largest absolute Gasteiger partial charge is 0.383 e. The van der Waals surface area contributed by atoms with Crippen LogP contribution >= 0.6 is 0 Å². The number of nitrogens with zero attached hydrogens (tertiary/aromatic N) is 2. The number of ether oxygens (including phenoxy) is 2. The lowest BCUT2D eigenvalue weighted by molar-refractivity contribution is 0.0283. The second-order valence-electron chi connectivity index (χ2n) is 6.78. The Kier molecular flexibility index (Phi) is 7.59. The van der Waals surface area contributed by atoms with Crippen molar-refractivity contribution < 1.29 is 9.47 Å². The fourth-order valence-corrected chi connectivity index (χ4v) is 2.99. The van der Waals surface area contributed by atoms with Gasteiger partial charge in [-0.15, -0.1) is 0 Å². The van der Waals surface area contributed by atoms with Gasteiger partial charge in [-0.25, -0.2) is 0 Å². The third-order valence-corrected chi connectivity index (χ3v) is 4.55. The normalized spacial score (nSPS) is 25.1. The molecule has 1 unspecified atom stereocenters. The van der Waals surface area contributed by atoms with Gasteiger partial charge in [0.2, 0.25) is 0 Å². The van der Waals surface area contributed by atoms with E-state index >= 15 is 0 Å². The van der Waals surface area contributed by atoms with Gasteiger partial charge in [0.15, 0.2) is 5.96 Å². The quantitative estimate of drug-likeness (QED) is 0.467. The molecule has 2 rings (SSSR count). The van der Waals surface area contributed by atoms with Crippen molar-refractivity contribution in [1.29, 1.82) is 0 Å². The van der Waals surface area contributed by atoms with Crippen LogP contribution in [-0.4, -0.2) is 75.5 Å². The molecule has 0 aromatic rings. The third kappa shape index (κ3) is 6.65. The van der Waals surface area contributed by atoms with Gasteiger partial charge in [0.05, 0.1) is 18.8 Å². The van der Waals surface area contributed by atoms with E-state index in [1.807, 2.05) is 0 Å². The van der Waals surface area contributed by atoms with Crippen LogP contribution in [0, 0.1) is 0 Å². The van der Waals surface area contributed by atoms with E-state index in [0.717, 1.165) is 70.8 Å². The summed E-state index contributed by atoms with van der Waals surface area (Å²) in [5, 5.41) is 6.78. The van der Waals surface area contributed by atoms with Crippen LogP contribution in [0.5, 0.6) is 0 Å². The summed E-state index contributed by atoms with van der Waals surface area (Å²) < 4.78 is 11.0. The fourth-order valence-electron chi connectivity index (χ4n) is 2.99. The second-order valence-corrected chi connectivity index (χ2v) is 6.78. The molecule has 0 aromatic heterocycles. The zero-order valence-electron chi connectivity index (χ0n) is 15.1. The molecule has 6 heteroatoms. The van der Waals surface area contributed by atoms with E-state index in [2.05, 4.69) is 29.4 Å². The van der Waals surface area contributed by atoms with Crippen LogP contribution in [0.15, 0.2) is 4.99 Å². The Bertz CT molecular complexity index is 366. The molecule has 1 atom stereocenters. The van der Waals surface area contributed by atoms with Crippen molar-refractivity contribution in [2.75, 3.05) is 53.0 Å². The first-order valence-electron chi connectivity index (χ1n) is 9.06. The Morgan fingerprint density at radius 2 is 2.17 bits per heavy atom. The molecule has 1 aliphatic carbocycles. The van der Waals surface area contributed by atoms with E-state index in [9.17, 15) is 0 Å². The number of nitrogens with one attached hydrogen (secondary N) is 2. The molecule has 23 heavy (non-hydrogen) atoms. The van der Waals surface area contributed by atoms with Crippen molar-refractivity contribution in [3.63, 3.8) is 0 Å². The van der Waals surface area contributed by atoms with E-state index in [4.69, 9.17) is 14.5 Å². The van der Waals surface area contributed by atoms with E-state index < -0.39 is 0 Å². The third-order valence-electron chi connectivity index (χ3n) is 4.55. The summed E-state index contributed by atoms with van der Waals surface area (Å²) in [5.41, 5.74) is -0.0825. The molecule has 1 saturated heterocycles. The van der Waals surface area contributed by atoms with Crippen LogP contribution in [0.3, 0.4) is 0 Å². The van der Waals surface area contributed by atoms with Crippen molar-refractivity contribution >= 4 is 5.96 Å². The predicted molar refractivity (Wildman–Crippen MR) is 94.0 cm³/mol.